The van der Waals surface area contributed by atoms with Crippen LogP contribution in [0.15, 0.2) is 24.3 Å². The lowest BCUT2D eigenvalue weighted by atomic mass is 10.1. The lowest BCUT2D eigenvalue weighted by Crippen LogP contribution is -2.39. The van der Waals surface area contributed by atoms with E-state index < -0.39 is 0 Å². The summed E-state index contributed by atoms with van der Waals surface area (Å²) < 4.78 is 0. The molecular formula is C13H18N2O3. The Bertz CT molecular complexity index is 405. The van der Waals surface area contributed by atoms with E-state index in [-0.39, 0.29) is 16.7 Å². The zero-order valence-electron chi connectivity index (χ0n) is 10.3. The first-order valence-corrected chi connectivity index (χ1v) is 6.29. The van der Waals surface area contributed by atoms with Crippen LogP contribution in [0.2, 0.25) is 0 Å². The second kappa shape index (κ2) is 5.93. The Kier molecular flexibility index (Phi) is 4.28. The van der Waals surface area contributed by atoms with Crippen molar-refractivity contribution in [3.8, 4) is 0 Å². The number of nitro benzene ring substituents is 1. The molecule has 1 saturated heterocycles. The maximum Gasteiger partial charge on any atom is 0.269 e. The molecule has 0 radical (unpaired) electrons. The van der Waals surface area contributed by atoms with Gasteiger partial charge in [-0.15, -0.1) is 0 Å². The van der Waals surface area contributed by atoms with Crippen LogP contribution in [0.1, 0.15) is 18.4 Å². The van der Waals surface area contributed by atoms with Crippen molar-refractivity contribution < 1.29 is 10.0 Å². The molecule has 1 fully saturated rings. The molecule has 0 aromatic heterocycles. The number of β-amino-alcohol motifs (C(OH)–C–C–N with tert-alkyl or cyclic N) is 1. The molecule has 1 aliphatic rings. The molecule has 18 heavy (non-hydrogen) atoms. The fraction of sp³-hybridized carbons (Fsp3) is 0.538. The van der Waals surface area contributed by atoms with Crippen molar-refractivity contribution in [2.75, 3.05) is 19.6 Å². The molecule has 0 bridgehead atoms. The minimum atomic E-state index is -0.384. The first-order valence-electron chi connectivity index (χ1n) is 6.29. The van der Waals surface area contributed by atoms with Gasteiger partial charge in [0.2, 0.25) is 0 Å². The SMILES string of the molecule is O=[N+]([O-])c1ccc(CCN2CCC[C@H](O)C2)cc1. The van der Waals surface area contributed by atoms with Crippen molar-refractivity contribution in [1.82, 2.24) is 4.90 Å². The number of nitrogens with zero attached hydrogens (tertiary/aromatic N) is 2. The van der Waals surface area contributed by atoms with E-state index in [1.165, 1.54) is 0 Å². The Hall–Kier alpha value is -1.46. The van der Waals surface area contributed by atoms with E-state index in [9.17, 15) is 15.2 Å². The van der Waals surface area contributed by atoms with Gasteiger partial charge in [-0.1, -0.05) is 12.1 Å². The van der Waals surface area contributed by atoms with Gasteiger partial charge in [-0.3, -0.25) is 10.1 Å². The molecule has 1 aromatic carbocycles. The molecule has 0 aliphatic carbocycles. The van der Waals surface area contributed by atoms with Crippen molar-refractivity contribution in [1.29, 1.82) is 0 Å². The highest BCUT2D eigenvalue weighted by atomic mass is 16.6. The van der Waals surface area contributed by atoms with Crippen LogP contribution in [0.3, 0.4) is 0 Å². The van der Waals surface area contributed by atoms with Crippen LogP contribution >= 0.6 is 0 Å². The number of hydrogen-bond donors (Lipinski definition) is 1. The van der Waals surface area contributed by atoms with Crippen molar-refractivity contribution >= 4 is 5.69 Å². The Morgan fingerprint density at radius 2 is 2.11 bits per heavy atom. The minimum Gasteiger partial charge on any atom is -0.392 e. The monoisotopic (exact) mass is 250 g/mol. The summed E-state index contributed by atoms with van der Waals surface area (Å²) in [7, 11) is 0. The van der Waals surface area contributed by atoms with Crippen molar-refractivity contribution in [3.05, 3.63) is 39.9 Å². The number of likely N-dealkylation sites (tertiary alicyclic amines) is 1. The first kappa shape index (κ1) is 13.0. The van der Waals surface area contributed by atoms with Crippen LogP contribution in [0.5, 0.6) is 0 Å². The second-order valence-electron chi connectivity index (χ2n) is 4.77. The van der Waals surface area contributed by atoms with Crippen LogP contribution in [0.4, 0.5) is 5.69 Å². The summed E-state index contributed by atoms with van der Waals surface area (Å²) in [6.07, 6.45) is 2.61. The van der Waals surface area contributed by atoms with Gasteiger partial charge in [0, 0.05) is 25.2 Å². The Morgan fingerprint density at radius 1 is 1.39 bits per heavy atom. The normalized spacial score (nSPS) is 20.8. The zero-order chi connectivity index (χ0) is 13.0. The Labute approximate surface area is 106 Å². The van der Waals surface area contributed by atoms with Gasteiger partial charge in [0.1, 0.15) is 0 Å². The van der Waals surface area contributed by atoms with Crippen LogP contribution < -0.4 is 0 Å². The smallest absolute Gasteiger partial charge is 0.269 e. The molecule has 1 aliphatic heterocycles. The van der Waals surface area contributed by atoms with Crippen molar-refractivity contribution in [2.24, 2.45) is 0 Å². The highest BCUT2D eigenvalue weighted by Gasteiger charge is 2.17. The second-order valence-corrected chi connectivity index (χ2v) is 4.77. The van der Waals surface area contributed by atoms with Crippen LogP contribution in [0.25, 0.3) is 0 Å². The maximum absolute atomic E-state index is 10.5. The molecule has 0 unspecified atom stereocenters. The third-order valence-electron chi connectivity index (χ3n) is 3.34. The summed E-state index contributed by atoms with van der Waals surface area (Å²) in [6, 6.07) is 6.69. The summed E-state index contributed by atoms with van der Waals surface area (Å²) in [5.74, 6) is 0. The Balaban J connectivity index is 1.84. The fourth-order valence-corrected chi connectivity index (χ4v) is 2.31. The Morgan fingerprint density at radius 3 is 2.72 bits per heavy atom. The number of aliphatic hydroxyl groups excluding tert-OH is 1. The van der Waals surface area contributed by atoms with Gasteiger partial charge in [0.15, 0.2) is 0 Å². The summed E-state index contributed by atoms with van der Waals surface area (Å²) in [5, 5.41) is 20.1. The predicted octanol–water partition coefficient (Wildman–Crippen LogP) is 1.59. The fourth-order valence-electron chi connectivity index (χ4n) is 2.31. The lowest BCUT2D eigenvalue weighted by Gasteiger charge is -2.29. The third-order valence-corrected chi connectivity index (χ3v) is 3.34. The minimum absolute atomic E-state index is 0.132. The molecule has 1 heterocycles. The summed E-state index contributed by atoms with van der Waals surface area (Å²) >= 11 is 0. The van der Waals surface area contributed by atoms with Gasteiger partial charge in [0.05, 0.1) is 11.0 Å². The summed E-state index contributed by atoms with van der Waals surface area (Å²) in [6.45, 7) is 2.67. The molecule has 1 aromatic rings. The lowest BCUT2D eigenvalue weighted by molar-refractivity contribution is -0.384. The van der Waals surface area contributed by atoms with E-state index in [2.05, 4.69) is 4.90 Å². The van der Waals surface area contributed by atoms with E-state index >= 15 is 0 Å². The molecule has 5 heteroatoms. The first-order chi connectivity index (χ1) is 8.65. The molecule has 5 nitrogen and oxygen atoms in total. The van der Waals surface area contributed by atoms with E-state index in [0.29, 0.717) is 0 Å². The van der Waals surface area contributed by atoms with Gasteiger partial charge in [-0.25, -0.2) is 0 Å². The number of benzene rings is 1. The highest BCUT2D eigenvalue weighted by molar-refractivity contribution is 5.32. The number of non-ortho nitro benzene ring substituents is 1. The number of aliphatic hydroxyl groups is 1. The van der Waals surface area contributed by atoms with Gasteiger partial charge in [-0.05, 0) is 31.4 Å². The molecule has 0 amide bonds. The molecule has 98 valence electrons. The van der Waals surface area contributed by atoms with Crippen molar-refractivity contribution in [2.45, 2.75) is 25.4 Å². The molecule has 1 N–H and O–H groups in total. The van der Waals surface area contributed by atoms with E-state index in [1.807, 2.05) is 0 Å². The van der Waals surface area contributed by atoms with E-state index in [4.69, 9.17) is 0 Å². The summed E-state index contributed by atoms with van der Waals surface area (Å²) in [4.78, 5) is 12.4. The maximum atomic E-state index is 10.5. The van der Waals surface area contributed by atoms with Crippen LogP contribution in [-0.2, 0) is 6.42 Å². The third kappa shape index (κ3) is 3.51. The molecular weight excluding hydrogens is 232 g/mol. The number of hydrogen-bond acceptors (Lipinski definition) is 4. The topological polar surface area (TPSA) is 66.6 Å². The molecule has 1 atom stereocenters. The van der Waals surface area contributed by atoms with E-state index in [0.717, 1.165) is 44.5 Å². The standard InChI is InChI=1S/C13H18N2O3/c16-13-2-1-8-14(10-13)9-7-11-3-5-12(6-4-11)15(17)18/h3-6,13,16H,1-2,7-10H2/t13-/m0/s1. The van der Waals surface area contributed by atoms with E-state index in [1.54, 1.807) is 24.3 Å². The average molecular weight is 250 g/mol. The average Bonchev–Trinajstić information content (AvgIpc) is 2.37. The molecule has 0 spiro atoms. The van der Waals surface area contributed by atoms with Crippen LogP contribution in [0, 0.1) is 10.1 Å². The number of nitro groups is 1. The summed E-state index contributed by atoms with van der Waals surface area (Å²) in [5.41, 5.74) is 1.23. The molecule has 0 saturated carbocycles. The zero-order valence-corrected chi connectivity index (χ0v) is 10.3. The number of piperidine rings is 1. The highest BCUT2D eigenvalue weighted by Crippen LogP contribution is 2.14. The van der Waals surface area contributed by atoms with Gasteiger partial charge < -0.3 is 10.0 Å². The number of rotatable bonds is 4. The van der Waals surface area contributed by atoms with Gasteiger partial charge >= 0.3 is 0 Å². The quantitative estimate of drug-likeness (QED) is 0.651. The predicted molar refractivity (Wildman–Crippen MR) is 68.5 cm³/mol. The van der Waals surface area contributed by atoms with Gasteiger partial charge in [0.25, 0.3) is 5.69 Å². The largest absolute Gasteiger partial charge is 0.392 e. The van der Waals surface area contributed by atoms with Gasteiger partial charge in [-0.2, -0.15) is 0 Å². The molecule has 2 rings (SSSR count). The van der Waals surface area contributed by atoms with Crippen molar-refractivity contribution in [3.63, 3.8) is 0 Å². The van der Waals surface area contributed by atoms with Crippen LogP contribution in [-0.4, -0.2) is 40.7 Å².